The molecule has 0 radical (unpaired) electrons. The van der Waals surface area contributed by atoms with Crippen LogP contribution in [-0.2, 0) is 16.2 Å². The van der Waals surface area contributed by atoms with Crippen LogP contribution < -0.4 is 0 Å². The third-order valence-corrected chi connectivity index (χ3v) is 2.38. The van der Waals surface area contributed by atoms with Crippen LogP contribution in [0.4, 0.5) is 13.2 Å². The van der Waals surface area contributed by atoms with Crippen molar-refractivity contribution >= 4 is 15.9 Å². The van der Waals surface area contributed by atoms with Crippen LogP contribution >= 0.6 is 15.9 Å². The number of pyridine rings is 1. The number of methoxy groups -OCH3 is 1. The Morgan fingerprint density at radius 2 is 2.00 bits per heavy atom. The number of rotatable bonds is 2. The minimum atomic E-state index is -4.31. The zero-order chi connectivity index (χ0) is 13.5. The molecule has 3 nitrogen and oxygen atoms in total. The molecule has 0 fully saturated rings. The van der Waals surface area contributed by atoms with Crippen LogP contribution in [0, 0.1) is 6.92 Å². The molecule has 0 saturated carbocycles. The summed E-state index contributed by atoms with van der Waals surface area (Å²) in [6.45, 7) is 1.17. The normalized spacial score (nSPS) is 10.8. The Bertz CT molecular complexity index is 343. The smallest absolute Gasteiger partial charge is 0.371 e. The minimum Gasteiger partial charge on any atom is -0.371 e. The van der Waals surface area contributed by atoms with Gasteiger partial charge in [-0.3, -0.25) is 4.98 Å². The standard InChI is InChI=1S/C8H7BrF3N.C2H6O2/c1-5-7(8(10,11)12)2-6(3-9)4-13-5;1-4-2-3/h2,4H,3H2,1H3;3H,2H2,1H3. The van der Waals surface area contributed by atoms with Gasteiger partial charge in [0, 0.05) is 24.3 Å². The predicted molar refractivity (Wildman–Crippen MR) is 60.7 cm³/mol. The Hall–Kier alpha value is -0.660. The molecule has 1 aromatic rings. The molecule has 0 bridgehead atoms. The third-order valence-electron chi connectivity index (χ3n) is 1.73. The molecular formula is C10H13BrF3NO2. The van der Waals surface area contributed by atoms with Crippen LogP contribution in [-0.4, -0.2) is 24.0 Å². The number of ether oxygens (including phenoxy) is 1. The fraction of sp³-hybridized carbons (Fsp3) is 0.500. The van der Waals surface area contributed by atoms with Crippen LogP contribution in [0.15, 0.2) is 12.3 Å². The van der Waals surface area contributed by atoms with Crippen molar-refractivity contribution in [2.45, 2.75) is 18.4 Å². The molecule has 0 saturated heterocycles. The highest BCUT2D eigenvalue weighted by atomic mass is 79.9. The fourth-order valence-corrected chi connectivity index (χ4v) is 1.24. The number of aliphatic hydroxyl groups excluding tert-OH is 1. The first kappa shape index (κ1) is 16.3. The van der Waals surface area contributed by atoms with Gasteiger partial charge in [0.2, 0.25) is 0 Å². The molecule has 0 aliphatic rings. The predicted octanol–water partition coefficient (Wildman–Crippen LogP) is 2.89. The van der Waals surface area contributed by atoms with Crippen molar-refractivity contribution < 1.29 is 23.0 Å². The fourth-order valence-electron chi connectivity index (χ4n) is 0.936. The molecule has 0 spiro atoms. The molecule has 0 amide bonds. The lowest BCUT2D eigenvalue weighted by atomic mass is 10.1. The van der Waals surface area contributed by atoms with Crippen molar-refractivity contribution in [1.29, 1.82) is 0 Å². The highest BCUT2D eigenvalue weighted by Crippen LogP contribution is 2.31. The molecular weight excluding hydrogens is 303 g/mol. The molecule has 0 atom stereocenters. The van der Waals surface area contributed by atoms with Crippen molar-refractivity contribution in [2.75, 3.05) is 13.9 Å². The average molecular weight is 316 g/mol. The van der Waals surface area contributed by atoms with Gasteiger partial charge in [0.05, 0.1) is 5.56 Å². The second-order valence-corrected chi connectivity index (χ2v) is 3.59. The lowest BCUT2D eigenvalue weighted by Gasteiger charge is -2.09. The van der Waals surface area contributed by atoms with E-state index < -0.39 is 11.7 Å². The maximum absolute atomic E-state index is 12.3. The second kappa shape index (κ2) is 7.62. The van der Waals surface area contributed by atoms with Gasteiger partial charge in [-0.25, -0.2) is 0 Å². The number of alkyl halides is 4. The Kier molecular flexibility index (Phi) is 7.33. The third kappa shape index (κ3) is 5.99. The summed E-state index contributed by atoms with van der Waals surface area (Å²) in [7, 11) is 1.43. The average Bonchev–Trinajstić information content (AvgIpc) is 2.28. The van der Waals surface area contributed by atoms with E-state index in [1.807, 2.05) is 0 Å². The second-order valence-electron chi connectivity index (χ2n) is 3.03. The van der Waals surface area contributed by atoms with Gasteiger partial charge in [-0.05, 0) is 18.6 Å². The Balaban J connectivity index is 0.000000557. The van der Waals surface area contributed by atoms with Crippen molar-refractivity contribution in [3.8, 4) is 0 Å². The number of aryl methyl sites for hydroxylation is 1. The van der Waals surface area contributed by atoms with Crippen LogP contribution in [0.2, 0.25) is 0 Å². The van der Waals surface area contributed by atoms with E-state index in [2.05, 4.69) is 25.7 Å². The quantitative estimate of drug-likeness (QED) is 0.674. The number of aliphatic hydroxyl groups is 1. The minimum absolute atomic E-state index is 0.0113. The summed E-state index contributed by atoms with van der Waals surface area (Å²) in [5.41, 5.74) is -0.125. The number of halogens is 4. The highest BCUT2D eigenvalue weighted by molar-refractivity contribution is 9.08. The molecule has 1 N–H and O–H groups in total. The van der Waals surface area contributed by atoms with E-state index in [-0.39, 0.29) is 12.5 Å². The molecule has 1 rings (SSSR count). The molecule has 17 heavy (non-hydrogen) atoms. The first-order chi connectivity index (χ1) is 7.86. The van der Waals surface area contributed by atoms with Crippen LogP contribution in [0.25, 0.3) is 0 Å². The highest BCUT2D eigenvalue weighted by Gasteiger charge is 2.33. The van der Waals surface area contributed by atoms with Crippen LogP contribution in [0.5, 0.6) is 0 Å². The van der Waals surface area contributed by atoms with E-state index in [4.69, 9.17) is 5.11 Å². The van der Waals surface area contributed by atoms with Crippen molar-refractivity contribution in [3.63, 3.8) is 0 Å². The molecule has 0 aliphatic heterocycles. The summed E-state index contributed by atoms with van der Waals surface area (Å²) in [6, 6.07) is 1.11. The monoisotopic (exact) mass is 315 g/mol. The Morgan fingerprint density at radius 1 is 1.47 bits per heavy atom. The molecule has 98 valence electrons. The van der Waals surface area contributed by atoms with E-state index in [1.165, 1.54) is 20.2 Å². The Morgan fingerprint density at radius 3 is 2.35 bits per heavy atom. The van der Waals surface area contributed by atoms with Crippen molar-refractivity contribution in [2.24, 2.45) is 0 Å². The number of nitrogens with zero attached hydrogens (tertiary/aromatic N) is 1. The van der Waals surface area contributed by atoms with Gasteiger partial charge >= 0.3 is 6.18 Å². The number of hydrogen-bond donors (Lipinski definition) is 1. The van der Waals surface area contributed by atoms with Gasteiger partial charge in [0.1, 0.15) is 6.79 Å². The van der Waals surface area contributed by atoms with E-state index in [9.17, 15) is 13.2 Å². The van der Waals surface area contributed by atoms with Crippen molar-refractivity contribution in [3.05, 3.63) is 29.1 Å². The van der Waals surface area contributed by atoms with Gasteiger partial charge in [-0.1, -0.05) is 15.9 Å². The maximum atomic E-state index is 12.3. The topological polar surface area (TPSA) is 42.4 Å². The summed E-state index contributed by atoms with van der Waals surface area (Å²) < 4.78 is 41.0. The summed E-state index contributed by atoms with van der Waals surface area (Å²) in [4.78, 5) is 3.67. The molecule has 0 unspecified atom stereocenters. The zero-order valence-corrected chi connectivity index (χ0v) is 11.0. The Labute approximate surface area is 106 Å². The van der Waals surface area contributed by atoms with Crippen LogP contribution in [0.3, 0.4) is 0 Å². The first-order valence-corrected chi connectivity index (χ1v) is 5.67. The summed E-state index contributed by atoms with van der Waals surface area (Å²) >= 11 is 3.08. The zero-order valence-electron chi connectivity index (χ0n) is 9.38. The van der Waals surface area contributed by atoms with Gasteiger partial charge in [-0.15, -0.1) is 0 Å². The van der Waals surface area contributed by atoms with Gasteiger partial charge in [-0.2, -0.15) is 13.2 Å². The SMILES string of the molecule is COCO.Cc1ncc(CBr)cc1C(F)(F)F. The summed E-state index contributed by atoms with van der Waals surface area (Å²) in [5, 5.41) is 8.03. The molecule has 1 heterocycles. The molecule has 1 aromatic heterocycles. The number of aromatic nitrogens is 1. The number of hydrogen-bond acceptors (Lipinski definition) is 3. The van der Waals surface area contributed by atoms with E-state index >= 15 is 0 Å². The van der Waals surface area contributed by atoms with Gasteiger partial charge < -0.3 is 9.84 Å². The van der Waals surface area contributed by atoms with Crippen molar-refractivity contribution in [1.82, 2.24) is 4.98 Å². The van der Waals surface area contributed by atoms with E-state index in [1.54, 1.807) is 0 Å². The summed E-state index contributed by atoms with van der Waals surface area (Å²) in [6.07, 6.45) is -2.88. The lowest BCUT2D eigenvalue weighted by molar-refractivity contribution is -0.138. The molecule has 0 aliphatic carbocycles. The summed E-state index contributed by atoms with van der Waals surface area (Å²) in [5.74, 6) is 0. The maximum Gasteiger partial charge on any atom is 0.418 e. The first-order valence-electron chi connectivity index (χ1n) is 4.55. The van der Waals surface area contributed by atoms with E-state index in [0.29, 0.717) is 10.9 Å². The van der Waals surface area contributed by atoms with Gasteiger partial charge in [0.15, 0.2) is 0 Å². The van der Waals surface area contributed by atoms with E-state index in [0.717, 1.165) is 6.07 Å². The molecule has 7 heteroatoms. The lowest BCUT2D eigenvalue weighted by Crippen LogP contribution is -2.09. The largest absolute Gasteiger partial charge is 0.418 e. The van der Waals surface area contributed by atoms with Crippen LogP contribution in [0.1, 0.15) is 16.8 Å². The van der Waals surface area contributed by atoms with Gasteiger partial charge in [0.25, 0.3) is 0 Å². The molecule has 0 aromatic carbocycles.